The van der Waals surface area contributed by atoms with Gasteiger partial charge in [0.15, 0.2) is 6.10 Å². The van der Waals surface area contributed by atoms with E-state index in [2.05, 4.69) is 27.7 Å². The van der Waals surface area contributed by atoms with Gasteiger partial charge < -0.3 is 14.2 Å². The summed E-state index contributed by atoms with van der Waals surface area (Å²) in [6.45, 7) is 9.08. The molecule has 368 valence electrons. The highest BCUT2D eigenvalue weighted by Crippen LogP contribution is 2.18. The molecule has 2 atom stereocenters. The van der Waals surface area contributed by atoms with Gasteiger partial charge in [-0.15, -0.1) is 0 Å². The number of ether oxygens (including phenoxy) is 3. The van der Waals surface area contributed by atoms with Gasteiger partial charge in [-0.05, 0) is 25.2 Å². The first-order valence-electron chi connectivity index (χ1n) is 27.9. The van der Waals surface area contributed by atoms with Gasteiger partial charge in [0.1, 0.15) is 13.2 Å². The van der Waals surface area contributed by atoms with Gasteiger partial charge in [0.2, 0.25) is 0 Å². The first-order chi connectivity index (χ1) is 30.4. The van der Waals surface area contributed by atoms with Gasteiger partial charge in [0, 0.05) is 19.3 Å². The van der Waals surface area contributed by atoms with Crippen molar-refractivity contribution < 1.29 is 28.6 Å². The van der Waals surface area contributed by atoms with Gasteiger partial charge in [-0.3, -0.25) is 14.4 Å². The van der Waals surface area contributed by atoms with E-state index in [-0.39, 0.29) is 31.1 Å². The highest BCUT2D eigenvalue weighted by atomic mass is 16.6. The molecule has 62 heavy (non-hydrogen) atoms. The molecule has 0 radical (unpaired) electrons. The Hall–Kier alpha value is -1.59. The summed E-state index contributed by atoms with van der Waals surface area (Å²) < 4.78 is 16.8. The van der Waals surface area contributed by atoms with Gasteiger partial charge in [-0.1, -0.05) is 278 Å². The predicted octanol–water partition coefficient (Wildman–Crippen LogP) is 18.2. The second kappa shape index (κ2) is 50.4. The molecule has 0 rings (SSSR count). The van der Waals surface area contributed by atoms with E-state index >= 15 is 0 Å². The maximum atomic E-state index is 12.8. The molecule has 0 aliphatic rings. The summed E-state index contributed by atoms with van der Waals surface area (Å²) in [4.78, 5) is 38.0. The second-order valence-electron chi connectivity index (χ2n) is 19.5. The number of hydrogen-bond acceptors (Lipinski definition) is 6. The van der Waals surface area contributed by atoms with Crippen molar-refractivity contribution in [2.45, 2.75) is 323 Å². The Bertz CT molecular complexity index is 935. The monoisotopic (exact) mass is 877 g/mol. The van der Waals surface area contributed by atoms with Crippen molar-refractivity contribution in [1.29, 1.82) is 0 Å². The minimum Gasteiger partial charge on any atom is -0.462 e. The molecule has 0 N–H and O–H groups in total. The number of unbranched alkanes of at least 4 members (excludes halogenated alkanes) is 37. The lowest BCUT2D eigenvalue weighted by atomic mass is 9.99. The lowest BCUT2D eigenvalue weighted by Crippen LogP contribution is -2.30. The van der Waals surface area contributed by atoms with E-state index in [1.165, 1.54) is 212 Å². The largest absolute Gasteiger partial charge is 0.462 e. The minimum atomic E-state index is -0.761. The van der Waals surface area contributed by atoms with Crippen molar-refractivity contribution in [2.24, 2.45) is 5.92 Å². The number of carbonyl (C=O) groups excluding carboxylic acids is 3. The summed E-state index contributed by atoms with van der Waals surface area (Å²) >= 11 is 0. The topological polar surface area (TPSA) is 78.9 Å². The Morgan fingerprint density at radius 2 is 0.565 bits per heavy atom. The summed E-state index contributed by atoms with van der Waals surface area (Å²) in [7, 11) is 0. The molecule has 0 fully saturated rings. The van der Waals surface area contributed by atoms with Crippen LogP contribution in [0.1, 0.15) is 317 Å². The molecule has 6 nitrogen and oxygen atoms in total. The van der Waals surface area contributed by atoms with Crippen LogP contribution in [0.15, 0.2) is 0 Å². The van der Waals surface area contributed by atoms with Crippen molar-refractivity contribution in [2.75, 3.05) is 13.2 Å². The summed E-state index contributed by atoms with van der Waals surface area (Å²) in [5.74, 6) is 0.0546. The lowest BCUT2D eigenvalue weighted by Gasteiger charge is -2.18. The first-order valence-corrected chi connectivity index (χ1v) is 27.9. The lowest BCUT2D eigenvalue weighted by molar-refractivity contribution is -0.167. The van der Waals surface area contributed by atoms with Crippen LogP contribution in [0.3, 0.4) is 0 Å². The maximum absolute atomic E-state index is 12.8. The van der Waals surface area contributed by atoms with Crippen LogP contribution >= 0.6 is 0 Å². The van der Waals surface area contributed by atoms with Gasteiger partial charge in [0.25, 0.3) is 0 Å². The van der Waals surface area contributed by atoms with Crippen LogP contribution in [0.2, 0.25) is 0 Å². The van der Waals surface area contributed by atoms with E-state index in [1.54, 1.807) is 0 Å². The highest BCUT2D eigenvalue weighted by Gasteiger charge is 2.19. The molecule has 0 aromatic carbocycles. The Morgan fingerprint density at radius 1 is 0.323 bits per heavy atom. The summed E-state index contributed by atoms with van der Waals surface area (Å²) in [6.07, 6.45) is 53.7. The second-order valence-corrected chi connectivity index (χ2v) is 19.5. The average Bonchev–Trinajstić information content (AvgIpc) is 3.27. The van der Waals surface area contributed by atoms with Crippen LogP contribution in [-0.2, 0) is 28.6 Å². The standard InChI is InChI=1S/C56H108O6/c1-5-8-10-12-14-16-18-19-20-21-25-28-32-36-40-44-48-55(58)61-51-53(50-60-54(57)47-43-39-35-31-17-15-13-11-9-6-2)62-56(59)49-45-41-37-33-29-26-23-22-24-27-30-34-38-42-46-52(4)7-3/h52-53H,5-51H2,1-4H3/t52?,53-/m1/s1. The van der Waals surface area contributed by atoms with E-state index in [0.29, 0.717) is 19.3 Å². The smallest absolute Gasteiger partial charge is 0.306 e. The Labute approximate surface area is 387 Å². The summed E-state index contributed by atoms with van der Waals surface area (Å²) in [5.41, 5.74) is 0. The Kier molecular flexibility index (Phi) is 49.1. The normalized spacial score (nSPS) is 12.4. The number of hydrogen-bond donors (Lipinski definition) is 0. The van der Waals surface area contributed by atoms with Gasteiger partial charge in [-0.2, -0.15) is 0 Å². The minimum absolute atomic E-state index is 0.0621. The Balaban J connectivity index is 4.26. The fourth-order valence-corrected chi connectivity index (χ4v) is 8.54. The van der Waals surface area contributed by atoms with Crippen LogP contribution in [-0.4, -0.2) is 37.2 Å². The molecule has 0 heterocycles. The first kappa shape index (κ1) is 60.4. The molecule has 0 aliphatic carbocycles. The van der Waals surface area contributed by atoms with Crippen molar-refractivity contribution in [1.82, 2.24) is 0 Å². The quantitative estimate of drug-likeness (QED) is 0.0344. The van der Waals surface area contributed by atoms with E-state index in [9.17, 15) is 14.4 Å². The van der Waals surface area contributed by atoms with E-state index < -0.39 is 6.10 Å². The fraction of sp³-hybridized carbons (Fsp3) is 0.946. The number of esters is 3. The van der Waals surface area contributed by atoms with Crippen LogP contribution in [0.4, 0.5) is 0 Å². The molecule has 0 aromatic rings. The number of carbonyl (C=O) groups is 3. The van der Waals surface area contributed by atoms with Gasteiger partial charge in [0.05, 0.1) is 0 Å². The number of rotatable bonds is 51. The third kappa shape index (κ3) is 47.9. The van der Waals surface area contributed by atoms with Gasteiger partial charge in [-0.25, -0.2) is 0 Å². The highest BCUT2D eigenvalue weighted by molar-refractivity contribution is 5.71. The van der Waals surface area contributed by atoms with Crippen molar-refractivity contribution in [3.63, 3.8) is 0 Å². The molecular formula is C56H108O6. The van der Waals surface area contributed by atoms with Crippen LogP contribution in [0, 0.1) is 5.92 Å². The molecule has 0 aliphatic heterocycles. The van der Waals surface area contributed by atoms with Crippen LogP contribution in [0.5, 0.6) is 0 Å². The third-order valence-corrected chi connectivity index (χ3v) is 13.2. The zero-order valence-electron chi connectivity index (χ0n) is 42.3. The molecular weight excluding hydrogens is 769 g/mol. The van der Waals surface area contributed by atoms with E-state index in [0.717, 1.165) is 63.7 Å². The van der Waals surface area contributed by atoms with Crippen molar-refractivity contribution >= 4 is 17.9 Å². The molecule has 0 spiro atoms. The van der Waals surface area contributed by atoms with Gasteiger partial charge >= 0.3 is 17.9 Å². The summed E-state index contributed by atoms with van der Waals surface area (Å²) in [6, 6.07) is 0. The van der Waals surface area contributed by atoms with Crippen molar-refractivity contribution in [3.8, 4) is 0 Å². The maximum Gasteiger partial charge on any atom is 0.306 e. The fourth-order valence-electron chi connectivity index (χ4n) is 8.54. The molecule has 0 bridgehead atoms. The Morgan fingerprint density at radius 3 is 0.839 bits per heavy atom. The van der Waals surface area contributed by atoms with E-state index in [4.69, 9.17) is 14.2 Å². The zero-order chi connectivity index (χ0) is 45.2. The van der Waals surface area contributed by atoms with Crippen molar-refractivity contribution in [3.05, 3.63) is 0 Å². The predicted molar refractivity (Wildman–Crippen MR) is 266 cm³/mol. The zero-order valence-corrected chi connectivity index (χ0v) is 42.3. The summed E-state index contributed by atoms with van der Waals surface area (Å²) in [5, 5.41) is 0. The third-order valence-electron chi connectivity index (χ3n) is 13.2. The molecule has 6 heteroatoms. The molecule has 0 saturated heterocycles. The van der Waals surface area contributed by atoms with Crippen LogP contribution in [0.25, 0.3) is 0 Å². The molecule has 0 saturated carbocycles. The van der Waals surface area contributed by atoms with Crippen LogP contribution < -0.4 is 0 Å². The average molecular weight is 877 g/mol. The molecule has 0 amide bonds. The van der Waals surface area contributed by atoms with E-state index in [1.807, 2.05) is 0 Å². The SMILES string of the molecule is CCCCCCCCCCCCCCCCCCC(=O)OC[C@@H](COC(=O)CCCCCCCCCCCC)OC(=O)CCCCCCCCCCCCCCCCC(C)CC. The molecule has 0 aromatic heterocycles. The molecule has 1 unspecified atom stereocenters.